The second-order valence-corrected chi connectivity index (χ2v) is 4.92. The minimum absolute atomic E-state index is 0.0383. The molecule has 0 aromatic heterocycles. The smallest absolute Gasteiger partial charge is 0.327 e. The molecule has 1 aliphatic heterocycles. The number of benzene rings is 1. The fraction of sp³-hybridized carbons (Fsp3) is 0.538. The number of piperidine rings is 1. The Balaban J connectivity index is 2.22. The van der Waals surface area contributed by atoms with E-state index in [-0.39, 0.29) is 11.7 Å². The van der Waals surface area contributed by atoms with Gasteiger partial charge in [0.1, 0.15) is 11.5 Å². The van der Waals surface area contributed by atoms with Gasteiger partial charge in [-0.1, -0.05) is 6.92 Å². The van der Waals surface area contributed by atoms with Crippen molar-refractivity contribution in [1.82, 2.24) is 4.90 Å². The molecule has 0 bridgehead atoms. The lowest BCUT2D eigenvalue weighted by atomic mass is 10.1. The molecule has 1 N–H and O–H groups in total. The lowest BCUT2D eigenvalue weighted by molar-refractivity contribution is -0.386. The van der Waals surface area contributed by atoms with Crippen molar-refractivity contribution in [3.63, 3.8) is 0 Å². The van der Waals surface area contributed by atoms with Crippen molar-refractivity contribution in [3.8, 4) is 0 Å². The Labute approximate surface area is 115 Å². The highest BCUT2D eigenvalue weighted by atomic mass is 19.1. The van der Waals surface area contributed by atoms with Crippen LogP contribution in [0.4, 0.5) is 20.2 Å². The molecular weight excluding hydrogens is 268 g/mol. The number of nitrogens with one attached hydrogen (secondary N) is 1. The third-order valence-electron chi connectivity index (χ3n) is 3.52. The molecule has 1 unspecified atom stereocenters. The first-order valence-electron chi connectivity index (χ1n) is 6.63. The van der Waals surface area contributed by atoms with Gasteiger partial charge in [-0.25, -0.2) is 4.39 Å². The number of rotatable bonds is 4. The molecule has 0 spiro atoms. The average molecular weight is 285 g/mol. The maximum Gasteiger partial charge on any atom is 0.327 e. The molecule has 0 amide bonds. The third-order valence-corrected chi connectivity index (χ3v) is 3.52. The standard InChI is InChI=1S/C13H17F2N3O2/c1-2-17-5-3-4-10(8-17)16-12-7-9(14)6-11(15)13(12)18(19)20/h6-7,10,16H,2-5,8H2,1H3. The first-order valence-corrected chi connectivity index (χ1v) is 6.63. The molecule has 1 aromatic carbocycles. The van der Waals surface area contributed by atoms with Gasteiger partial charge in [0.25, 0.3) is 0 Å². The number of nitrogens with zero attached hydrogens (tertiary/aromatic N) is 2. The van der Waals surface area contributed by atoms with E-state index in [1.165, 1.54) is 0 Å². The number of likely N-dealkylation sites (tertiary alicyclic amines) is 1. The van der Waals surface area contributed by atoms with Crippen LogP contribution in [0, 0.1) is 21.7 Å². The van der Waals surface area contributed by atoms with Crippen LogP contribution in [0.2, 0.25) is 0 Å². The van der Waals surface area contributed by atoms with Gasteiger partial charge >= 0.3 is 5.69 Å². The molecule has 20 heavy (non-hydrogen) atoms. The largest absolute Gasteiger partial charge is 0.375 e. The lowest BCUT2D eigenvalue weighted by Crippen LogP contribution is -2.41. The molecule has 1 fully saturated rings. The zero-order valence-electron chi connectivity index (χ0n) is 11.2. The maximum atomic E-state index is 13.5. The van der Waals surface area contributed by atoms with E-state index < -0.39 is 22.2 Å². The molecule has 1 heterocycles. The molecule has 0 aliphatic carbocycles. The first kappa shape index (κ1) is 14.6. The van der Waals surface area contributed by atoms with Gasteiger partial charge < -0.3 is 10.2 Å². The fourth-order valence-electron chi connectivity index (χ4n) is 2.54. The molecule has 1 saturated heterocycles. The highest BCUT2D eigenvalue weighted by Gasteiger charge is 2.25. The Morgan fingerprint density at radius 2 is 2.25 bits per heavy atom. The SMILES string of the molecule is CCN1CCCC(Nc2cc(F)cc(F)c2[N+](=O)[O-])C1. The van der Waals surface area contributed by atoms with E-state index in [0.29, 0.717) is 12.6 Å². The first-order chi connectivity index (χ1) is 9.51. The Morgan fingerprint density at radius 1 is 1.50 bits per heavy atom. The molecule has 1 aliphatic rings. The molecule has 5 nitrogen and oxygen atoms in total. The summed E-state index contributed by atoms with van der Waals surface area (Å²) in [5, 5.41) is 13.8. The van der Waals surface area contributed by atoms with Crippen molar-refractivity contribution < 1.29 is 13.7 Å². The number of likely N-dealkylation sites (N-methyl/N-ethyl adjacent to an activating group) is 1. The van der Waals surface area contributed by atoms with Crippen molar-refractivity contribution in [2.24, 2.45) is 0 Å². The minimum atomic E-state index is -1.15. The number of hydrogen-bond acceptors (Lipinski definition) is 4. The zero-order valence-corrected chi connectivity index (χ0v) is 11.2. The van der Waals surface area contributed by atoms with Gasteiger partial charge in [-0.05, 0) is 25.9 Å². The molecule has 2 rings (SSSR count). The molecular formula is C13H17F2N3O2. The third kappa shape index (κ3) is 3.22. The number of hydrogen-bond donors (Lipinski definition) is 1. The average Bonchev–Trinajstić information content (AvgIpc) is 2.37. The summed E-state index contributed by atoms with van der Waals surface area (Å²) >= 11 is 0. The van der Waals surface area contributed by atoms with Crippen LogP contribution >= 0.6 is 0 Å². The normalized spacial score (nSPS) is 19.9. The van der Waals surface area contributed by atoms with Gasteiger partial charge in [0.05, 0.1) is 4.92 Å². The van der Waals surface area contributed by atoms with Gasteiger partial charge in [0.15, 0.2) is 0 Å². The number of halogens is 2. The minimum Gasteiger partial charge on any atom is -0.375 e. The van der Waals surface area contributed by atoms with E-state index in [1.54, 1.807) is 0 Å². The summed E-state index contributed by atoms with van der Waals surface area (Å²) in [4.78, 5) is 12.3. The van der Waals surface area contributed by atoms with Crippen LogP contribution in [-0.4, -0.2) is 35.5 Å². The highest BCUT2D eigenvalue weighted by Crippen LogP contribution is 2.30. The Bertz CT molecular complexity index is 511. The van der Waals surface area contributed by atoms with E-state index in [0.717, 1.165) is 32.0 Å². The molecule has 0 saturated carbocycles. The molecule has 0 radical (unpaired) electrons. The summed E-state index contributed by atoms with van der Waals surface area (Å²) in [6.45, 7) is 4.62. The topological polar surface area (TPSA) is 58.4 Å². The van der Waals surface area contributed by atoms with Gasteiger partial charge in [-0.2, -0.15) is 4.39 Å². The van der Waals surface area contributed by atoms with Crippen LogP contribution in [0.15, 0.2) is 12.1 Å². The van der Waals surface area contributed by atoms with E-state index in [2.05, 4.69) is 10.2 Å². The highest BCUT2D eigenvalue weighted by molar-refractivity contribution is 5.62. The van der Waals surface area contributed by atoms with Crippen molar-refractivity contribution in [2.45, 2.75) is 25.8 Å². The Hall–Kier alpha value is -1.76. The fourth-order valence-corrected chi connectivity index (χ4v) is 2.54. The molecule has 1 atom stereocenters. The number of anilines is 1. The molecule has 110 valence electrons. The van der Waals surface area contributed by atoms with Crippen molar-refractivity contribution in [3.05, 3.63) is 33.9 Å². The van der Waals surface area contributed by atoms with Crippen molar-refractivity contribution in [1.29, 1.82) is 0 Å². The monoisotopic (exact) mass is 285 g/mol. The number of nitro groups is 1. The quantitative estimate of drug-likeness (QED) is 0.682. The van der Waals surface area contributed by atoms with E-state index >= 15 is 0 Å². The van der Waals surface area contributed by atoms with Gasteiger partial charge in [-0.3, -0.25) is 10.1 Å². The van der Waals surface area contributed by atoms with E-state index in [1.807, 2.05) is 6.92 Å². The summed E-state index contributed by atoms with van der Waals surface area (Å²) in [7, 11) is 0. The van der Waals surface area contributed by atoms with Crippen LogP contribution in [0.1, 0.15) is 19.8 Å². The van der Waals surface area contributed by atoms with Crippen molar-refractivity contribution in [2.75, 3.05) is 25.0 Å². The van der Waals surface area contributed by atoms with Gasteiger partial charge in [0.2, 0.25) is 5.82 Å². The van der Waals surface area contributed by atoms with Crippen LogP contribution in [0.5, 0.6) is 0 Å². The summed E-state index contributed by atoms with van der Waals surface area (Å²) < 4.78 is 26.8. The van der Waals surface area contributed by atoms with Gasteiger partial charge in [-0.15, -0.1) is 0 Å². The van der Waals surface area contributed by atoms with Crippen molar-refractivity contribution >= 4 is 11.4 Å². The molecule has 1 aromatic rings. The van der Waals surface area contributed by atoms with Crippen LogP contribution in [-0.2, 0) is 0 Å². The maximum absolute atomic E-state index is 13.5. The predicted molar refractivity (Wildman–Crippen MR) is 71.8 cm³/mol. The Morgan fingerprint density at radius 3 is 2.90 bits per heavy atom. The molecule has 7 heteroatoms. The predicted octanol–water partition coefficient (Wildman–Crippen LogP) is 2.77. The zero-order chi connectivity index (χ0) is 14.7. The van der Waals surface area contributed by atoms with E-state index in [9.17, 15) is 18.9 Å². The summed E-state index contributed by atoms with van der Waals surface area (Å²) in [6.07, 6.45) is 1.78. The lowest BCUT2D eigenvalue weighted by Gasteiger charge is -2.32. The number of nitro benzene ring substituents is 1. The van der Waals surface area contributed by atoms with Gasteiger partial charge in [0, 0.05) is 24.7 Å². The van der Waals surface area contributed by atoms with Crippen LogP contribution in [0.25, 0.3) is 0 Å². The Kier molecular flexibility index (Phi) is 4.49. The second-order valence-electron chi connectivity index (χ2n) is 4.92. The van der Waals surface area contributed by atoms with Crippen LogP contribution in [0.3, 0.4) is 0 Å². The summed E-state index contributed by atoms with van der Waals surface area (Å²) in [5.74, 6) is -1.97. The van der Waals surface area contributed by atoms with E-state index in [4.69, 9.17) is 0 Å². The summed E-state index contributed by atoms with van der Waals surface area (Å²) in [5.41, 5.74) is -0.782. The summed E-state index contributed by atoms with van der Waals surface area (Å²) in [6, 6.07) is 1.47. The van der Waals surface area contributed by atoms with Crippen LogP contribution < -0.4 is 5.32 Å². The second kappa shape index (κ2) is 6.13.